The van der Waals surface area contributed by atoms with Crippen LogP contribution in [0.1, 0.15) is 36.7 Å². The number of hydrogen-bond acceptors (Lipinski definition) is 4. The Morgan fingerprint density at radius 1 is 1.42 bits per heavy atom. The van der Waals surface area contributed by atoms with Gasteiger partial charge in [0.25, 0.3) is 15.9 Å². The number of rotatable bonds is 5. The first-order valence-corrected chi connectivity index (χ1v) is 7.66. The predicted octanol–water partition coefficient (Wildman–Crippen LogP) is 1.11. The van der Waals surface area contributed by atoms with Crippen molar-refractivity contribution in [3.63, 3.8) is 0 Å². The van der Waals surface area contributed by atoms with Gasteiger partial charge in [-0.15, -0.1) is 0 Å². The van der Waals surface area contributed by atoms with Crippen molar-refractivity contribution in [2.75, 3.05) is 13.6 Å². The standard InChI is InChI=1S/C12H18N2O4S/c1-12(6-3-7-12)8-14-11(15)9-4-5-10(18-9)19(16,17)13-2/h4-5,13H,3,6-8H2,1-2H3,(H,14,15). The lowest BCUT2D eigenvalue weighted by molar-refractivity contribution is 0.0858. The molecule has 0 radical (unpaired) electrons. The van der Waals surface area contributed by atoms with Gasteiger partial charge in [0.15, 0.2) is 5.76 Å². The second-order valence-electron chi connectivity index (χ2n) is 5.17. The fourth-order valence-corrected chi connectivity index (χ4v) is 2.67. The van der Waals surface area contributed by atoms with Crippen molar-refractivity contribution in [3.8, 4) is 0 Å². The molecule has 1 saturated carbocycles. The SMILES string of the molecule is CNS(=O)(=O)c1ccc(C(=O)NCC2(C)CCC2)o1. The third-order valence-corrected chi connectivity index (χ3v) is 4.86. The van der Waals surface area contributed by atoms with E-state index in [-0.39, 0.29) is 22.2 Å². The Bertz CT molecular complexity index is 572. The number of hydrogen-bond donors (Lipinski definition) is 2. The fourth-order valence-electron chi connectivity index (χ4n) is 2.03. The molecule has 1 aliphatic carbocycles. The van der Waals surface area contributed by atoms with Crippen molar-refractivity contribution in [1.29, 1.82) is 0 Å². The van der Waals surface area contributed by atoms with Crippen LogP contribution in [0.3, 0.4) is 0 Å². The average molecular weight is 286 g/mol. The third-order valence-electron chi connectivity index (χ3n) is 3.58. The van der Waals surface area contributed by atoms with Crippen LogP contribution in [-0.2, 0) is 10.0 Å². The minimum atomic E-state index is -3.64. The first-order chi connectivity index (χ1) is 8.86. The van der Waals surface area contributed by atoms with E-state index in [0.717, 1.165) is 12.8 Å². The highest BCUT2D eigenvalue weighted by Crippen LogP contribution is 2.39. The van der Waals surface area contributed by atoms with Crippen molar-refractivity contribution >= 4 is 15.9 Å². The lowest BCUT2D eigenvalue weighted by atomic mass is 9.70. The van der Waals surface area contributed by atoms with Crippen molar-refractivity contribution < 1.29 is 17.6 Å². The number of nitrogens with one attached hydrogen (secondary N) is 2. The van der Waals surface area contributed by atoms with Crippen LogP contribution in [0, 0.1) is 5.41 Å². The zero-order valence-corrected chi connectivity index (χ0v) is 11.8. The second kappa shape index (κ2) is 4.97. The first-order valence-electron chi connectivity index (χ1n) is 6.18. The van der Waals surface area contributed by atoms with Gasteiger partial charge in [-0.25, -0.2) is 13.1 Å². The Labute approximate surface area is 112 Å². The van der Waals surface area contributed by atoms with E-state index < -0.39 is 10.0 Å². The number of sulfonamides is 1. The highest BCUT2D eigenvalue weighted by Gasteiger charge is 2.32. The zero-order chi connectivity index (χ0) is 14.1. The third kappa shape index (κ3) is 2.98. The van der Waals surface area contributed by atoms with E-state index in [1.54, 1.807) is 0 Å². The summed E-state index contributed by atoms with van der Waals surface area (Å²) in [4.78, 5) is 11.8. The van der Waals surface area contributed by atoms with Gasteiger partial charge < -0.3 is 9.73 Å². The van der Waals surface area contributed by atoms with Crippen molar-refractivity contribution in [1.82, 2.24) is 10.0 Å². The van der Waals surface area contributed by atoms with Gasteiger partial charge in [-0.1, -0.05) is 13.3 Å². The van der Waals surface area contributed by atoms with E-state index in [0.29, 0.717) is 6.54 Å². The molecule has 7 heteroatoms. The molecule has 19 heavy (non-hydrogen) atoms. The van der Waals surface area contributed by atoms with Crippen LogP contribution < -0.4 is 10.0 Å². The number of carbonyl (C=O) groups is 1. The maximum absolute atomic E-state index is 11.8. The number of amides is 1. The van der Waals surface area contributed by atoms with E-state index in [9.17, 15) is 13.2 Å². The van der Waals surface area contributed by atoms with Gasteiger partial charge in [0, 0.05) is 6.54 Å². The largest absolute Gasteiger partial charge is 0.438 e. The number of carbonyl (C=O) groups excluding carboxylic acids is 1. The van der Waals surface area contributed by atoms with Gasteiger partial charge in [-0.3, -0.25) is 4.79 Å². The summed E-state index contributed by atoms with van der Waals surface area (Å²) in [5.41, 5.74) is 0.169. The molecule has 0 bridgehead atoms. The summed E-state index contributed by atoms with van der Waals surface area (Å²) in [5, 5.41) is 2.52. The van der Waals surface area contributed by atoms with Gasteiger partial charge in [0.1, 0.15) is 0 Å². The Morgan fingerprint density at radius 3 is 2.63 bits per heavy atom. The Balaban J connectivity index is 2.00. The molecule has 0 spiro atoms. The van der Waals surface area contributed by atoms with Crippen LogP contribution >= 0.6 is 0 Å². The zero-order valence-electron chi connectivity index (χ0n) is 11.0. The molecular formula is C12H18N2O4S. The van der Waals surface area contributed by atoms with Crippen LogP contribution in [0.15, 0.2) is 21.6 Å². The van der Waals surface area contributed by atoms with Crippen LogP contribution in [0.5, 0.6) is 0 Å². The highest BCUT2D eigenvalue weighted by atomic mass is 32.2. The molecule has 1 amide bonds. The molecule has 0 aliphatic heterocycles. The summed E-state index contributed by atoms with van der Waals surface area (Å²) < 4.78 is 30.1. The van der Waals surface area contributed by atoms with Gasteiger partial charge in [0.2, 0.25) is 5.09 Å². The summed E-state index contributed by atoms with van der Waals surface area (Å²) in [7, 11) is -2.36. The summed E-state index contributed by atoms with van der Waals surface area (Å²) in [6.07, 6.45) is 3.40. The molecule has 1 aromatic rings. The Morgan fingerprint density at radius 2 is 2.11 bits per heavy atom. The minimum Gasteiger partial charge on any atom is -0.438 e. The predicted molar refractivity (Wildman–Crippen MR) is 69.2 cm³/mol. The molecule has 0 aromatic carbocycles. The maximum atomic E-state index is 11.8. The average Bonchev–Trinajstić information content (AvgIpc) is 2.84. The number of furan rings is 1. The molecule has 6 nitrogen and oxygen atoms in total. The van der Waals surface area contributed by atoms with Crippen LogP contribution in [0.4, 0.5) is 0 Å². The van der Waals surface area contributed by atoms with E-state index in [1.165, 1.54) is 25.6 Å². The topological polar surface area (TPSA) is 88.4 Å². The minimum absolute atomic E-state index is 0.0109. The summed E-state index contributed by atoms with van der Waals surface area (Å²) in [6.45, 7) is 2.70. The maximum Gasteiger partial charge on any atom is 0.287 e. The normalized spacial score (nSPS) is 17.8. The molecule has 0 saturated heterocycles. The Hall–Kier alpha value is -1.34. The molecule has 0 unspecified atom stereocenters. The molecule has 106 valence electrons. The van der Waals surface area contributed by atoms with Gasteiger partial charge in [-0.2, -0.15) is 0 Å². The fraction of sp³-hybridized carbons (Fsp3) is 0.583. The molecule has 1 aromatic heterocycles. The lowest BCUT2D eigenvalue weighted by Gasteiger charge is -2.38. The van der Waals surface area contributed by atoms with Crippen molar-refractivity contribution in [2.45, 2.75) is 31.3 Å². The van der Waals surface area contributed by atoms with E-state index in [1.807, 2.05) is 0 Å². The second-order valence-corrected chi connectivity index (χ2v) is 6.99. The molecule has 1 heterocycles. The van der Waals surface area contributed by atoms with E-state index in [4.69, 9.17) is 4.42 Å². The molecule has 2 N–H and O–H groups in total. The van der Waals surface area contributed by atoms with Crippen LogP contribution in [-0.4, -0.2) is 27.9 Å². The summed E-state index contributed by atoms with van der Waals surface area (Å²) in [5.74, 6) is -0.373. The summed E-state index contributed by atoms with van der Waals surface area (Å²) >= 11 is 0. The quantitative estimate of drug-likeness (QED) is 0.848. The first kappa shape index (κ1) is 14.1. The monoisotopic (exact) mass is 286 g/mol. The van der Waals surface area contributed by atoms with Gasteiger partial charge >= 0.3 is 0 Å². The Kier molecular flexibility index (Phi) is 3.69. The van der Waals surface area contributed by atoms with Crippen molar-refractivity contribution in [2.24, 2.45) is 5.41 Å². The molecule has 0 atom stereocenters. The molecule has 1 aliphatic rings. The summed E-state index contributed by atoms with van der Waals surface area (Å²) in [6, 6.07) is 2.63. The van der Waals surface area contributed by atoms with Gasteiger partial charge in [-0.05, 0) is 37.4 Å². The lowest BCUT2D eigenvalue weighted by Crippen LogP contribution is -2.39. The van der Waals surface area contributed by atoms with E-state index in [2.05, 4.69) is 17.0 Å². The highest BCUT2D eigenvalue weighted by molar-refractivity contribution is 7.89. The smallest absolute Gasteiger partial charge is 0.287 e. The van der Waals surface area contributed by atoms with Crippen molar-refractivity contribution in [3.05, 3.63) is 17.9 Å². The molecular weight excluding hydrogens is 268 g/mol. The van der Waals surface area contributed by atoms with E-state index >= 15 is 0 Å². The van der Waals surface area contributed by atoms with Gasteiger partial charge in [0.05, 0.1) is 0 Å². The molecule has 2 rings (SSSR count). The van der Waals surface area contributed by atoms with Crippen LogP contribution in [0.2, 0.25) is 0 Å². The molecule has 1 fully saturated rings. The van der Waals surface area contributed by atoms with Crippen LogP contribution in [0.25, 0.3) is 0 Å².